The lowest BCUT2D eigenvalue weighted by Crippen LogP contribution is -2.53. The van der Waals surface area contributed by atoms with Crippen LogP contribution in [0.2, 0.25) is 0 Å². The van der Waals surface area contributed by atoms with Gasteiger partial charge in [0.25, 0.3) is 0 Å². The summed E-state index contributed by atoms with van der Waals surface area (Å²) in [6.07, 6.45) is 10.2. The van der Waals surface area contributed by atoms with Gasteiger partial charge in [-0.1, -0.05) is 56.7 Å². The summed E-state index contributed by atoms with van der Waals surface area (Å²) >= 11 is 0. The highest BCUT2D eigenvalue weighted by Crippen LogP contribution is 2.61. The van der Waals surface area contributed by atoms with E-state index in [1.807, 2.05) is 0 Å². The van der Waals surface area contributed by atoms with E-state index in [0.29, 0.717) is 41.8 Å². The summed E-state index contributed by atoms with van der Waals surface area (Å²) in [5, 5.41) is 9.35. The Morgan fingerprint density at radius 2 is 1.88 bits per heavy atom. The molecule has 0 aromatic carbocycles. The molecule has 3 aliphatic rings. The molecule has 32 heavy (non-hydrogen) atoms. The third kappa shape index (κ3) is 4.54. The summed E-state index contributed by atoms with van der Waals surface area (Å²) in [4.78, 5) is 24.1. The average Bonchev–Trinajstić information content (AvgIpc) is 2.70. The Morgan fingerprint density at radius 1 is 1.19 bits per heavy atom. The second-order valence-corrected chi connectivity index (χ2v) is 11.9. The second-order valence-electron chi connectivity index (χ2n) is 11.9. The molecule has 6 atom stereocenters. The Kier molecular flexibility index (Phi) is 7.27. The third-order valence-corrected chi connectivity index (χ3v) is 9.72. The Morgan fingerprint density at radius 3 is 2.50 bits per heavy atom. The van der Waals surface area contributed by atoms with Gasteiger partial charge >= 0.3 is 5.97 Å². The van der Waals surface area contributed by atoms with Gasteiger partial charge in [-0.05, 0) is 93.8 Å². The van der Waals surface area contributed by atoms with Crippen molar-refractivity contribution in [1.29, 1.82) is 0 Å². The van der Waals surface area contributed by atoms with Crippen molar-refractivity contribution in [1.82, 2.24) is 0 Å². The standard InChI is InChI=1S/C29H44O3/c1-18(2)21-10-8-19(3)22(23(21)12-15-27(31)32)11-13-24-20(4)9-14-25-28(5,6)26(30)16-17-29(24,25)7/h8,21-25H,1,4,9-17H2,2-3,5-7H3,(H,31,32)/t21-,22-,23-,24-,25-,29+/m0/s1. The fourth-order valence-electron chi connectivity index (χ4n) is 7.81. The van der Waals surface area contributed by atoms with Crippen LogP contribution in [0.25, 0.3) is 0 Å². The predicted molar refractivity (Wildman–Crippen MR) is 131 cm³/mol. The first-order chi connectivity index (χ1) is 14.9. The molecular formula is C29H44O3. The minimum absolute atomic E-state index is 0.128. The molecule has 2 saturated carbocycles. The highest BCUT2D eigenvalue weighted by molar-refractivity contribution is 5.85. The van der Waals surface area contributed by atoms with Crippen LogP contribution in [0.1, 0.15) is 92.4 Å². The van der Waals surface area contributed by atoms with Gasteiger partial charge in [0.1, 0.15) is 5.78 Å². The molecule has 0 bridgehead atoms. The van der Waals surface area contributed by atoms with Crippen molar-refractivity contribution in [3.63, 3.8) is 0 Å². The van der Waals surface area contributed by atoms with Crippen LogP contribution in [-0.4, -0.2) is 16.9 Å². The number of hydrogen-bond donors (Lipinski definition) is 1. The molecular weight excluding hydrogens is 396 g/mol. The number of fused-ring (bicyclic) bond motifs is 1. The van der Waals surface area contributed by atoms with Gasteiger partial charge in [0.2, 0.25) is 0 Å². The number of allylic oxidation sites excluding steroid dienone is 4. The van der Waals surface area contributed by atoms with Crippen LogP contribution in [0.5, 0.6) is 0 Å². The second kappa shape index (κ2) is 9.31. The van der Waals surface area contributed by atoms with Gasteiger partial charge in [-0.15, -0.1) is 0 Å². The van der Waals surface area contributed by atoms with Gasteiger partial charge in [0.05, 0.1) is 0 Å². The summed E-state index contributed by atoms with van der Waals surface area (Å²) < 4.78 is 0. The van der Waals surface area contributed by atoms with E-state index in [1.54, 1.807) is 0 Å². The number of carbonyl (C=O) groups excluding carboxylic acids is 1. The number of carboxylic acid groups (broad SMARTS) is 1. The first-order valence-corrected chi connectivity index (χ1v) is 12.6. The number of hydrogen-bond acceptors (Lipinski definition) is 2. The smallest absolute Gasteiger partial charge is 0.303 e. The summed E-state index contributed by atoms with van der Waals surface area (Å²) in [5.41, 5.74) is 3.84. The van der Waals surface area contributed by atoms with E-state index in [2.05, 4.69) is 53.9 Å². The molecule has 0 amide bonds. The van der Waals surface area contributed by atoms with Gasteiger partial charge in [-0.3, -0.25) is 9.59 Å². The lowest BCUT2D eigenvalue weighted by molar-refractivity contribution is -0.145. The van der Waals surface area contributed by atoms with E-state index in [-0.39, 0.29) is 17.3 Å². The molecule has 0 heterocycles. The van der Waals surface area contributed by atoms with Crippen molar-refractivity contribution in [2.75, 3.05) is 0 Å². The molecule has 3 aliphatic carbocycles. The lowest BCUT2D eigenvalue weighted by Gasteiger charge is -2.57. The monoisotopic (exact) mass is 440 g/mol. The molecule has 0 aromatic heterocycles. The highest BCUT2D eigenvalue weighted by atomic mass is 16.4. The number of aliphatic carboxylic acids is 1. The first-order valence-electron chi connectivity index (χ1n) is 12.6. The normalized spacial score (nSPS) is 36.9. The largest absolute Gasteiger partial charge is 0.481 e. The van der Waals surface area contributed by atoms with Crippen molar-refractivity contribution in [2.24, 2.45) is 40.4 Å². The Labute approximate surface area is 195 Å². The van der Waals surface area contributed by atoms with E-state index in [9.17, 15) is 14.7 Å². The van der Waals surface area contributed by atoms with E-state index < -0.39 is 5.97 Å². The van der Waals surface area contributed by atoms with Crippen LogP contribution in [0, 0.1) is 40.4 Å². The molecule has 2 fully saturated rings. The molecule has 0 aliphatic heterocycles. The van der Waals surface area contributed by atoms with Gasteiger partial charge in [-0.25, -0.2) is 0 Å². The molecule has 0 radical (unpaired) electrons. The number of rotatable bonds is 7. The van der Waals surface area contributed by atoms with Crippen LogP contribution in [0.3, 0.4) is 0 Å². The molecule has 1 N–H and O–H groups in total. The van der Waals surface area contributed by atoms with Crippen LogP contribution in [0.4, 0.5) is 0 Å². The number of Topliss-reactive ketones (excluding diaryl/α,β-unsaturated/α-hetero) is 1. The van der Waals surface area contributed by atoms with E-state index in [4.69, 9.17) is 0 Å². The summed E-state index contributed by atoms with van der Waals surface area (Å²) in [6, 6.07) is 0. The van der Waals surface area contributed by atoms with Crippen LogP contribution < -0.4 is 0 Å². The minimum Gasteiger partial charge on any atom is -0.481 e. The van der Waals surface area contributed by atoms with Crippen LogP contribution >= 0.6 is 0 Å². The first kappa shape index (κ1) is 25.0. The van der Waals surface area contributed by atoms with E-state index in [0.717, 1.165) is 44.9 Å². The topological polar surface area (TPSA) is 54.4 Å². The zero-order valence-corrected chi connectivity index (χ0v) is 21.0. The molecule has 0 unspecified atom stereocenters. The lowest BCUT2D eigenvalue weighted by atomic mass is 9.46. The fourth-order valence-corrected chi connectivity index (χ4v) is 7.81. The van der Waals surface area contributed by atoms with Gasteiger partial charge in [-0.2, -0.15) is 0 Å². The van der Waals surface area contributed by atoms with Crippen molar-refractivity contribution in [3.05, 3.63) is 36.0 Å². The Bertz CT molecular complexity index is 816. The van der Waals surface area contributed by atoms with Crippen molar-refractivity contribution >= 4 is 11.8 Å². The molecule has 3 heteroatoms. The maximum atomic E-state index is 12.7. The Hall–Kier alpha value is -1.64. The molecule has 178 valence electrons. The van der Waals surface area contributed by atoms with Crippen LogP contribution in [0.15, 0.2) is 36.0 Å². The van der Waals surface area contributed by atoms with Crippen LogP contribution in [-0.2, 0) is 9.59 Å². The quantitative estimate of drug-likeness (QED) is 0.420. The molecule has 0 aromatic rings. The average molecular weight is 441 g/mol. The molecule has 3 nitrogen and oxygen atoms in total. The predicted octanol–water partition coefficient (Wildman–Crippen LogP) is 7.38. The highest BCUT2D eigenvalue weighted by Gasteiger charge is 2.56. The maximum Gasteiger partial charge on any atom is 0.303 e. The van der Waals surface area contributed by atoms with Gasteiger partial charge in [0, 0.05) is 18.3 Å². The zero-order valence-electron chi connectivity index (χ0n) is 21.0. The number of carboxylic acids is 1. The summed E-state index contributed by atoms with van der Waals surface area (Å²) in [5.74, 6) is 1.69. The number of ketones is 1. The van der Waals surface area contributed by atoms with Gasteiger partial charge in [0.15, 0.2) is 0 Å². The third-order valence-electron chi connectivity index (χ3n) is 9.72. The zero-order chi connectivity index (χ0) is 23.8. The fraction of sp³-hybridized carbons (Fsp3) is 0.724. The summed E-state index contributed by atoms with van der Waals surface area (Å²) in [7, 11) is 0. The van der Waals surface area contributed by atoms with Crippen molar-refractivity contribution in [2.45, 2.75) is 92.4 Å². The Balaban J connectivity index is 1.83. The summed E-state index contributed by atoms with van der Waals surface area (Å²) in [6.45, 7) is 19.8. The minimum atomic E-state index is -0.707. The van der Waals surface area contributed by atoms with E-state index in [1.165, 1.54) is 16.7 Å². The molecule has 3 rings (SSSR count). The van der Waals surface area contributed by atoms with Gasteiger partial charge < -0.3 is 5.11 Å². The SMILES string of the molecule is C=C(C)[C@@H]1CC=C(C)[C@H](CC[C@H]2C(=C)CC[C@H]3C(C)(C)C(=O)CC[C@]23C)[C@H]1CCC(=O)O. The maximum absolute atomic E-state index is 12.7. The molecule has 0 saturated heterocycles. The van der Waals surface area contributed by atoms with E-state index >= 15 is 0 Å². The molecule has 0 spiro atoms. The number of carbonyl (C=O) groups is 2. The van der Waals surface area contributed by atoms with Crippen molar-refractivity contribution in [3.8, 4) is 0 Å². The van der Waals surface area contributed by atoms with Crippen molar-refractivity contribution < 1.29 is 14.7 Å².